The summed E-state index contributed by atoms with van der Waals surface area (Å²) in [6.07, 6.45) is 2.52. The standard InChI is InChI=1S/C18H26F2N2O/c19-15-5-3-13(4-6-15)10-14-2-1-8-22(11-14)12-17-18(21)16(20)7-9-23-17/h3-6,14,16-18H,1-2,7-12,21H2/t14?,16-,17+,18?/m0/s1. The molecule has 3 rings (SSSR count). The average molecular weight is 324 g/mol. The third kappa shape index (κ3) is 4.49. The second-order valence-electron chi connectivity index (χ2n) is 6.89. The fraction of sp³-hybridized carbons (Fsp3) is 0.667. The van der Waals surface area contributed by atoms with Crippen LogP contribution in [-0.4, -0.2) is 49.5 Å². The van der Waals surface area contributed by atoms with Gasteiger partial charge in [-0.05, 0) is 49.4 Å². The Balaban J connectivity index is 1.52. The van der Waals surface area contributed by atoms with Gasteiger partial charge in [-0.25, -0.2) is 8.78 Å². The summed E-state index contributed by atoms with van der Waals surface area (Å²) in [6.45, 7) is 3.16. The number of hydrogen-bond acceptors (Lipinski definition) is 3. The first-order valence-electron chi connectivity index (χ1n) is 8.60. The van der Waals surface area contributed by atoms with Crippen LogP contribution >= 0.6 is 0 Å². The molecule has 2 saturated heterocycles. The molecule has 2 aliphatic heterocycles. The zero-order valence-electron chi connectivity index (χ0n) is 13.5. The molecule has 1 aromatic carbocycles. The van der Waals surface area contributed by atoms with Crippen LogP contribution in [0.4, 0.5) is 8.78 Å². The Bertz CT molecular complexity index is 496. The third-order valence-electron chi connectivity index (χ3n) is 5.05. The second kappa shape index (κ2) is 7.69. The van der Waals surface area contributed by atoms with Crippen LogP contribution in [-0.2, 0) is 11.2 Å². The molecule has 3 nitrogen and oxygen atoms in total. The van der Waals surface area contributed by atoms with Crippen molar-refractivity contribution in [3.8, 4) is 0 Å². The number of ether oxygens (including phenoxy) is 1. The molecule has 5 heteroatoms. The monoisotopic (exact) mass is 324 g/mol. The van der Waals surface area contributed by atoms with Gasteiger partial charge in [0.1, 0.15) is 12.0 Å². The lowest BCUT2D eigenvalue weighted by Gasteiger charge is -2.38. The van der Waals surface area contributed by atoms with Crippen molar-refractivity contribution in [3.63, 3.8) is 0 Å². The van der Waals surface area contributed by atoms with Gasteiger partial charge in [0, 0.05) is 26.1 Å². The molecule has 2 fully saturated rings. The molecule has 1 aromatic rings. The number of benzene rings is 1. The first-order valence-corrected chi connectivity index (χ1v) is 8.60. The normalized spacial score (nSPS) is 32.8. The Hall–Kier alpha value is -1.04. The highest BCUT2D eigenvalue weighted by atomic mass is 19.1. The highest BCUT2D eigenvalue weighted by molar-refractivity contribution is 5.16. The molecule has 2 unspecified atom stereocenters. The highest BCUT2D eigenvalue weighted by Crippen LogP contribution is 2.23. The van der Waals surface area contributed by atoms with Gasteiger partial charge in [-0.1, -0.05) is 12.1 Å². The van der Waals surface area contributed by atoms with Gasteiger partial charge in [-0.15, -0.1) is 0 Å². The predicted octanol–water partition coefficient (Wildman–Crippen LogP) is 2.53. The molecule has 0 amide bonds. The molecule has 23 heavy (non-hydrogen) atoms. The van der Waals surface area contributed by atoms with E-state index in [4.69, 9.17) is 10.5 Å². The topological polar surface area (TPSA) is 38.5 Å². The molecular weight excluding hydrogens is 298 g/mol. The number of alkyl halides is 1. The first-order chi connectivity index (χ1) is 11.1. The molecule has 0 aromatic heterocycles. The summed E-state index contributed by atoms with van der Waals surface area (Å²) in [5.74, 6) is 0.360. The van der Waals surface area contributed by atoms with Crippen LogP contribution in [0.25, 0.3) is 0 Å². The maximum atomic E-state index is 13.7. The van der Waals surface area contributed by atoms with E-state index in [-0.39, 0.29) is 11.9 Å². The van der Waals surface area contributed by atoms with Crippen LogP contribution in [0.5, 0.6) is 0 Å². The Kier molecular flexibility index (Phi) is 5.62. The van der Waals surface area contributed by atoms with E-state index in [1.165, 1.54) is 24.1 Å². The molecule has 0 bridgehead atoms. The average Bonchev–Trinajstić information content (AvgIpc) is 2.54. The largest absolute Gasteiger partial charge is 0.375 e. The van der Waals surface area contributed by atoms with Crippen LogP contribution < -0.4 is 5.73 Å². The molecule has 0 aliphatic carbocycles. The third-order valence-corrected chi connectivity index (χ3v) is 5.05. The minimum atomic E-state index is -0.950. The number of halogens is 2. The van der Waals surface area contributed by atoms with Gasteiger partial charge in [-0.2, -0.15) is 0 Å². The Morgan fingerprint density at radius 1 is 1.22 bits per heavy atom. The Labute approximate surface area is 136 Å². The van der Waals surface area contributed by atoms with Gasteiger partial charge in [0.2, 0.25) is 0 Å². The van der Waals surface area contributed by atoms with E-state index in [0.717, 1.165) is 25.9 Å². The molecule has 128 valence electrons. The summed E-state index contributed by atoms with van der Waals surface area (Å²) < 4.78 is 32.4. The fourth-order valence-corrected chi connectivity index (χ4v) is 3.73. The smallest absolute Gasteiger partial charge is 0.123 e. The summed E-state index contributed by atoms with van der Waals surface area (Å²) in [7, 11) is 0. The minimum absolute atomic E-state index is 0.191. The first kappa shape index (κ1) is 16.8. The molecule has 4 atom stereocenters. The van der Waals surface area contributed by atoms with Crippen molar-refractivity contribution in [1.82, 2.24) is 4.90 Å². The van der Waals surface area contributed by atoms with Crippen molar-refractivity contribution in [1.29, 1.82) is 0 Å². The molecule has 0 spiro atoms. The van der Waals surface area contributed by atoms with Crippen LogP contribution in [0, 0.1) is 11.7 Å². The van der Waals surface area contributed by atoms with Gasteiger partial charge >= 0.3 is 0 Å². The highest BCUT2D eigenvalue weighted by Gasteiger charge is 2.33. The van der Waals surface area contributed by atoms with Crippen molar-refractivity contribution in [2.24, 2.45) is 11.7 Å². The molecule has 2 heterocycles. The zero-order chi connectivity index (χ0) is 16.2. The SMILES string of the molecule is NC1[C@@H](F)CCO[C@@H]1CN1CCCC(Cc2ccc(F)cc2)C1. The van der Waals surface area contributed by atoms with E-state index in [1.54, 1.807) is 0 Å². The van der Waals surface area contributed by atoms with Crippen molar-refractivity contribution in [2.75, 3.05) is 26.2 Å². The molecule has 0 radical (unpaired) electrons. The molecule has 2 aliphatic rings. The van der Waals surface area contributed by atoms with Crippen LogP contribution in [0.3, 0.4) is 0 Å². The lowest BCUT2D eigenvalue weighted by Crippen LogP contribution is -2.54. The van der Waals surface area contributed by atoms with E-state index in [1.807, 2.05) is 12.1 Å². The van der Waals surface area contributed by atoms with Gasteiger partial charge < -0.3 is 15.4 Å². The van der Waals surface area contributed by atoms with Gasteiger partial charge in [0.05, 0.1) is 12.1 Å². The predicted molar refractivity (Wildman–Crippen MR) is 86.5 cm³/mol. The van der Waals surface area contributed by atoms with Crippen molar-refractivity contribution < 1.29 is 13.5 Å². The lowest BCUT2D eigenvalue weighted by molar-refractivity contribution is -0.0534. The lowest BCUT2D eigenvalue weighted by atomic mass is 9.90. The summed E-state index contributed by atoms with van der Waals surface area (Å²) in [4.78, 5) is 2.35. The van der Waals surface area contributed by atoms with Crippen LogP contribution in [0.15, 0.2) is 24.3 Å². The van der Waals surface area contributed by atoms with E-state index in [2.05, 4.69) is 4.90 Å². The van der Waals surface area contributed by atoms with Gasteiger partial charge in [-0.3, -0.25) is 0 Å². The van der Waals surface area contributed by atoms with Crippen molar-refractivity contribution in [3.05, 3.63) is 35.6 Å². The number of likely N-dealkylation sites (tertiary alicyclic amines) is 1. The number of rotatable bonds is 4. The minimum Gasteiger partial charge on any atom is -0.375 e. The number of nitrogens with two attached hydrogens (primary N) is 1. The number of hydrogen-bond donors (Lipinski definition) is 1. The summed E-state index contributed by atoms with van der Waals surface area (Å²) in [6, 6.07) is 6.25. The van der Waals surface area contributed by atoms with E-state index in [0.29, 0.717) is 25.5 Å². The van der Waals surface area contributed by atoms with E-state index >= 15 is 0 Å². The second-order valence-corrected chi connectivity index (χ2v) is 6.89. The van der Waals surface area contributed by atoms with Gasteiger partial charge in [0.25, 0.3) is 0 Å². The number of nitrogens with zero attached hydrogens (tertiary/aromatic N) is 1. The van der Waals surface area contributed by atoms with Crippen LogP contribution in [0.1, 0.15) is 24.8 Å². The maximum Gasteiger partial charge on any atom is 0.123 e. The molecule has 2 N–H and O–H groups in total. The summed E-state index contributed by atoms with van der Waals surface area (Å²) in [5.41, 5.74) is 7.12. The summed E-state index contributed by atoms with van der Waals surface area (Å²) in [5, 5.41) is 0. The number of piperidine rings is 1. The Morgan fingerprint density at radius 3 is 2.78 bits per heavy atom. The Morgan fingerprint density at radius 2 is 2.00 bits per heavy atom. The fourth-order valence-electron chi connectivity index (χ4n) is 3.73. The van der Waals surface area contributed by atoms with Crippen LogP contribution in [0.2, 0.25) is 0 Å². The van der Waals surface area contributed by atoms with E-state index in [9.17, 15) is 8.78 Å². The summed E-state index contributed by atoms with van der Waals surface area (Å²) >= 11 is 0. The molecular formula is C18H26F2N2O. The zero-order valence-corrected chi connectivity index (χ0v) is 13.5. The quantitative estimate of drug-likeness (QED) is 0.925. The van der Waals surface area contributed by atoms with E-state index < -0.39 is 12.2 Å². The van der Waals surface area contributed by atoms with Crippen molar-refractivity contribution >= 4 is 0 Å². The van der Waals surface area contributed by atoms with Gasteiger partial charge in [0.15, 0.2) is 0 Å². The maximum absolute atomic E-state index is 13.7. The van der Waals surface area contributed by atoms with Crippen molar-refractivity contribution in [2.45, 2.75) is 44.0 Å². The molecule has 0 saturated carbocycles.